The molecule has 3 N–H and O–H groups in total. The Bertz CT molecular complexity index is 377. The van der Waals surface area contributed by atoms with Gasteiger partial charge in [-0.3, -0.25) is 4.99 Å². The van der Waals surface area contributed by atoms with Crippen molar-refractivity contribution >= 4 is 5.96 Å². The fourth-order valence-electron chi connectivity index (χ4n) is 3.59. The number of nitrogens with one attached hydrogen (secondary N) is 2. The third-order valence-corrected chi connectivity index (χ3v) is 5.56. The van der Waals surface area contributed by atoms with Crippen molar-refractivity contribution in [2.75, 3.05) is 53.7 Å². The molecule has 6 heteroatoms. The molecule has 0 spiro atoms. The SMILES string of the molecule is CN=C(NCC1(CCOC)CCC1)NCC1(CCO)CCOC1. The van der Waals surface area contributed by atoms with Crippen molar-refractivity contribution in [2.45, 2.75) is 38.5 Å². The zero-order valence-corrected chi connectivity index (χ0v) is 14.7. The summed E-state index contributed by atoms with van der Waals surface area (Å²) in [6.07, 6.45) is 6.72. The Hall–Kier alpha value is -0.850. The van der Waals surface area contributed by atoms with E-state index in [0.717, 1.165) is 58.1 Å². The van der Waals surface area contributed by atoms with Crippen LogP contribution >= 0.6 is 0 Å². The minimum atomic E-state index is 0.0383. The lowest BCUT2D eigenvalue weighted by molar-refractivity contribution is 0.0731. The molecule has 2 fully saturated rings. The molecule has 1 heterocycles. The summed E-state index contributed by atoms with van der Waals surface area (Å²) in [6.45, 7) is 4.27. The number of aliphatic hydroxyl groups is 1. The van der Waals surface area contributed by atoms with Gasteiger partial charge in [0.25, 0.3) is 0 Å². The van der Waals surface area contributed by atoms with Crippen molar-refractivity contribution < 1.29 is 14.6 Å². The zero-order valence-electron chi connectivity index (χ0n) is 14.7. The van der Waals surface area contributed by atoms with Crippen LogP contribution in [-0.2, 0) is 9.47 Å². The van der Waals surface area contributed by atoms with Crippen LogP contribution in [0.3, 0.4) is 0 Å². The quantitative estimate of drug-likeness (QED) is 0.437. The molecule has 23 heavy (non-hydrogen) atoms. The standard InChI is InChI=1S/C17H33N3O3/c1-18-15(19-12-16(4-3-5-16)7-10-22-2)20-13-17(6-9-21)8-11-23-14-17/h21H,3-14H2,1-2H3,(H2,18,19,20). The van der Waals surface area contributed by atoms with Gasteiger partial charge in [0.15, 0.2) is 5.96 Å². The maximum Gasteiger partial charge on any atom is 0.191 e. The number of nitrogens with zero attached hydrogens (tertiary/aromatic N) is 1. The number of guanidine groups is 1. The van der Waals surface area contributed by atoms with E-state index in [4.69, 9.17) is 9.47 Å². The van der Waals surface area contributed by atoms with Gasteiger partial charge in [-0.15, -0.1) is 0 Å². The van der Waals surface area contributed by atoms with Crippen LogP contribution in [0.15, 0.2) is 4.99 Å². The van der Waals surface area contributed by atoms with E-state index < -0.39 is 0 Å². The Morgan fingerprint density at radius 1 is 1.17 bits per heavy atom. The average Bonchev–Trinajstić information content (AvgIpc) is 2.98. The van der Waals surface area contributed by atoms with Crippen molar-refractivity contribution in [3.8, 4) is 0 Å². The number of ether oxygens (including phenoxy) is 2. The molecule has 0 aromatic rings. The van der Waals surface area contributed by atoms with Gasteiger partial charge in [-0.25, -0.2) is 0 Å². The monoisotopic (exact) mass is 327 g/mol. The minimum absolute atomic E-state index is 0.0383. The van der Waals surface area contributed by atoms with Crippen LogP contribution in [0.4, 0.5) is 0 Å². The predicted octanol–water partition coefficient (Wildman–Crippen LogP) is 1.15. The Morgan fingerprint density at radius 2 is 1.91 bits per heavy atom. The molecule has 1 aliphatic carbocycles. The summed E-state index contributed by atoms with van der Waals surface area (Å²) in [7, 11) is 3.58. The van der Waals surface area contributed by atoms with Crippen molar-refractivity contribution in [1.29, 1.82) is 0 Å². The molecular weight excluding hydrogens is 294 g/mol. The molecule has 2 aliphatic rings. The van der Waals surface area contributed by atoms with Crippen molar-refractivity contribution in [2.24, 2.45) is 15.8 Å². The summed E-state index contributed by atoms with van der Waals surface area (Å²) in [6, 6.07) is 0. The summed E-state index contributed by atoms with van der Waals surface area (Å²) in [5.41, 5.74) is 0.406. The van der Waals surface area contributed by atoms with Gasteiger partial charge in [-0.2, -0.15) is 0 Å². The lowest BCUT2D eigenvalue weighted by atomic mass is 9.67. The molecule has 0 aromatic carbocycles. The van der Waals surface area contributed by atoms with Crippen LogP contribution in [0.5, 0.6) is 0 Å². The average molecular weight is 327 g/mol. The Labute approximate surface area is 140 Å². The van der Waals surface area contributed by atoms with E-state index in [2.05, 4.69) is 15.6 Å². The Balaban J connectivity index is 1.79. The maximum atomic E-state index is 9.31. The van der Waals surface area contributed by atoms with Gasteiger partial charge in [0.1, 0.15) is 0 Å². The highest BCUT2D eigenvalue weighted by Gasteiger charge is 2.37. The first-order valence-corrected chi connectivity index (χ1v) is 8.80. The highest BCUT2D eigenvalue weighted by Crippen LogP contribution is 2.43. The van der Waals surface area contributed by atoms with Crippen LogP contribution in [0, 0.1) is 10.8 Å². The summed E-state index contributed by atoms with van der Waals surface area (Å²) in [5, 5.41) is 16.2. The number of rotatable bonds is 9. The second-order valence-corrected chi connectivity index (χ2v) is 7.15. The molecule has 1 saturated carbocycles. The van der Waals surface area contributed by atoms with Crippen molar-refractivity contribution in [1.82, 2.24) is 10.6 Å². The number of aliphatic hydroxyl groups excluding tert-OH is 1. The Kier molecular flexibility index (Phi) is 7.11. The smallest absolute Gasteiger partial charge is 0.191 e. The second kappa shape index (κ2) is 8.85. The third kappa shape index (κ3) is 5.06. The Morgan fingerprint density at radius 3 is 2.39 bits per heavy atom. The number of hydrogen-bond acceptors (Lipinski definition) is 4. The highest BCUT2D eigenvalue weighted by molar-refractivity contribution is 5.79. The minimum Gasteiger partial charge on any atom is -0.396 e. The van der Waals surface area contributed by atoms with E-state index in [1.165, 1.54) is 19.3 Å². The topological polar surface area (TPSA) is 75.1 Å². The fraction of sp³-hybridized carbons (Fsp3) is 0.941. The van der Waals surface area contributed by atoms with E-state index in [0.29, 0.717) is 5.41 Å². The summed E-state index contributed by atoms with van der Waals surface area (Å²) in [4.78, 5) is 4.34. The van der Waals surface area contributed by atoms with Crippen molar-refractivity contribution in [3.63, 3.8) is 0 Å². The van der Waals surface area contributed by atoms with E-state index >= 15 is 0 Å². The predicted molar refractivity (Wildman–Crippen MR) is 91.7 cm³/mol. The lowest BCUT2D eigenvalue weighted by Gasteiger charge is -2.42. The molecule has 6 nitrogen and oxygen atoms in total. The van der Waals surface area contributed by atoms with Gasteiger partial charge >= 0.3 is 0 Å². The second-order valence-electron chi connectivity index (χ2n) is 7.15. The van der Waals surface area contributed by atoms with Gasteiger partial charge in [0.2, 0.25) is 0 Å². The molecule has 1 atom stereocenters. The van der Waals surface area contributed by atoms with Gasteiger partial charge < -0.3 is 25.2 Å². The van der Waals surface area contributed by atoms with E-state index in [1.54, 1.807) is 7.11 Å². The lowest BCUT2D eigenvalue weighted by Crippen LogP contribution is -2.49. The molecule has 1 saturated heterocycles. The van der Waals surface area contributed by atoms with Crippen molar-refractivity contribution in [3.05, 3.63) is 0 Å². The molecule has 1 aliphatic heterocycles. The highest BCUT2D eigenvalue weighted by atomic mass is 16.5. The van der Waals surface area contributed by atoms with Crippen LogP contribution in [-0.4, -0.2) is 64.7 Å². The summed E-state index contributed by atoms with van der Waals surface area (Å²) >= 11 is 0. The molecule has 0 aromatic heterocycles. The fourth-order valence-corrected chi connectivity index (χ4v) is 3.59. The van der Waals surface area contributed by atoms with Gasteiger partial charge in [-0.05, 0) is 37.5 Å². The molecule has 1 unspecified atom stereocenters. The van der Waals surface area contributed by atoms with E-state index in [9.17, 15) is 5.11 Å². The van der Waals surface area contributed by atoms with Crippen LogP contribution < -0.4 is 10.6 Å². The first-order valence-electron chi connectivity index (χ1n) is 8.80. The zero-order chi connectivity index (χ0) is 16.6. The normalized spacial score (nSPS) is 26.8. The van der Waals surface area contributed by atoms with Gasteiger partial charge in [-0.1, -0.05) is 6.42 Å². The largest absolute Gasteiger partial charge is 0.396 e. The van der Waals surface area contributed by atoms with Crippen LogP contribution in [0.25, 0.3) is 0 Å². The van der Waals surface area contributed by atoms with Gasteiger partial charge in [0.05, 0.1) is 6.61 Å². The number of aliphatic imine (C=N–C) groups is 1. The molecule has 134 valence electrons. The molecule has 0 bridgehead atoms. The van der Waals surface area contributed by atoms with Crippen LogP contribution in [0.1, 0.15) is 38.5 Å². The molecule has 2 rings (SSSR count). The third-order valence-electron chi connectivity index (χ3n) is 5.56. The van der Waals surface area contributed by atoms with E-state index in [1.807, 2.05) is 7.05 Å². The van der Waals surface area contributed by atoms with Gasteiger partial charge in [0, 0.05) is 52.5 Å². The van der Waals surface area contributed by atoms with E-state index in [-0.39, 0.29) is 12.0 Å². The molecular formula is C17H33N3O3. The number of hydrogen-bond donors (Lipinski definition) is 3. The summed E-state index contributed by atoms with van der Waals surface area (Å²) < 4.78 is 10.8. The first-order chi connectivity index (χ1) is 11.2. The summed E-state index contributed by atoms with van der Waals surface area (Å²) in [5.74, 6) is 0.845. The number of methoxy groups -OCH3 is 1. The molecule has 0 radical (unpaired) electrons. The maximum absolute atomic E-state index is 9.31. The first kappa shape index (κ1) is 18.5. The van der Waals surface area contributed by atoms with Crippen LogP contribution in [0.2, 0.25) is 0 Å². The molecule has 0 amide bonds.